The van der Waals surface area contributed by atoms with Gasteiger partial charge >= 0.3 is 5.97 Å². The van der Waals surface area contributed by atoms with Gasteiger partial charge in [-0.2, -0.15) is 0 Å². The van der Waals surface area contributed by atoms with Gasteiger partial charge in [-0.25, -0.2) is 0 Å². The summed E-state index contributed by atoms with van der Waals surface area (Å²) in [5.74, 6) is -0.468. The zero-order valence-corrected chi connectivity index (χ0v) is 35.3. The molecule has 4 bridgehead atoms. The monoisotopic (exact) mass is 793 g/mol. The number of amides is 1. The first-order chi connectivity index (χ1) is 28.0. The van der Waals surface area contributed by atoms with E-state index < -0.39 is 44.4 Å². The molecule has 10 unspecified atom stereocenters. The molecule has 10 atom stereocenters. The Morgan fingerprint density at radius 1 is 0.763 bits per heavy atom. The van der Waals surface area contributed by atoms with Crippen LogP contribution in [0.15, 0.2) is 109 Å². The summed E-state index contributed by atoms with van der Waals surface area (Å²) in [6, 6.07) is 28.0. The molecule has 3 aromatic carbocycles. The van der Waals surface area contributed by atoms with Crippen molar-refractivity contribution in [3.63, 3.8) is 0 Å². The van der Waals surface area contributed by atoms with Crippen molar-refractivity contribution in [2.45, 2.75) is 116 Å². The number of carbonyl (C=O) groups is 3. The van der Waals surface area contributed by atoms with E-state index in [2.05, 4.69) is 44.2 Å². The third-order valence-electron chi connectivity index (χ3n) is 18.6. The maximum Gasteiger partial charge on any atom is 0.313 e. The summed E-state index contributed by atoms with van der Waals surface area (Å²) in [5, 5.41) is 24.7. The van der Waals surface area contributed by atoms with E-state index in [1.165, 1.54) is 0 Å². The third-order valence-corrected chi connectivity index (χ3v) is 18.6. The zero-order valence-electron chi connectivity index (χ0n) is 35.3. The summed E-state index contributed by atoms with van der Waals surface area (Å²) >= 11 is 0. The second-order valence-electron chi connectivity index (χ2n) is 20.9. The lowest BCUT2D eigenvalue weighted by molar-refractivity contribution is -0.187. The fraction of sp³-hybridized carbons (Fsp3) is 0.519. The van der Waals surface area contributed by atoms with Crippen molar-refractivity contribution in [1.29, 1.82) is 0 Å². The Morgan fingerprint density at radius 3 is 2.10 bits per heavy atom. The Hall–Kier alpha value is -4.33. The highest BCUT2D eigenvalue weighted by Gasteiger charge is 2.78. The standard InChI is InChI=1S/C52H59NO6/c1-45(2)48(5)26-29-52(45,59-44(48)57)43(56)53(32-34-14-8-6-9-15-34)33-50(58)25-22-41-47(50,4)24-21-40-46(3)23-20-36(54)30-49(46)27-28-51(40,41)39(31-49)42(55)38-19-13-12-18-37(38)35-16-10-7-11-17-35/h6-19,27-28,31,36,40-41,54,58H,20-26,29-30,32-33H2,1-5H3. The predicted molar refractivity (Wildman–Crippen MR) is 227 cm³/mol. The van der Waals surface area contributed by atoms with E-state index in [0.29, 0.717) is 37.7 Å². The minimum absolute atomic E-state index is 0.0227. The SMILES string of the molecule is CC12CCC(C(=O)N(Cc3ccccc3)CC3(O)CCC4C56C=CC7(C=C5C(=O)c5ccccc5-c5ccccc5)CC(O)CCC7(C)C6CCC43C)(OC1=O)C2(C)C. The molecule has 4 saturated carbocycles. The quantitative estimate of drug-likeness (QED) is 0.134. The van der Waals surface area contributed by atoms with E-state index >= 15 is 9.59 Å². The van der Waals surface area contributed by atoms with Gasteiger partial charge in [0.25, 0.3) is 5.91 Å². The Bertz CT molecular complexity index is 2320. The van der Waals surface area contributed by atoms with Crippen molar-refractivity contribution in [1.82, 2.24) is 4.90 Å². The van der Waals surface area contributed by atoms with Crippen LogP contribution in [0.2, 0.25) is 0 Å². The number of hydrogen-bond acceptors (Lipinski definition) is 6. The normalized spacial score (nSPS) is 40.8. The Kier molecular flexibility index (Phi) is 8.30. The Balaban J connectivity index is 1.08. The molecule has 2 N–H and O–H groups in total. The Labute approximate surface area is 348 Å². The molecule has 11 rings (SSSR count). The van der Waals surface area contributed by atoms with E-state index in [-0.39, 0.29) is 48.0 Å². The average molecular weight is 794 g/mol. The molecular weight excluding hydrogens is 735 g/mol. The van der Waals surface area contributed by atoms with Crippen molar-refractivity contribution in [2.24, 2.45) is 44.3 Å². The number of ether oxygens (including phenoxy) is 1. The summed E-state index contributed by atoms with van der Waals surface area (Å²) in [6.45, 7) is 10.9. The van der Waals surface area contributed by atoms with Crippen LogP contribution in [0.4, 0.5) is 0 Å². The van der Waals surface area contributed by atoms with Gasteiger partial charge in [-0.1, -0.05) is 131 Å². The van der Waals surface area contributed by atoms with Gasteiger partial charge in [0, 0.05) is 39.3 Å². The summed E-state index contributed by atoms with van der Waals surface area (Å²) in [6.07, 6.45) is 12.5. The molecule has 7 nitrogen and oxygen atoms in total. The number of hydrogen-bond donors (Lipinski definition) is 2. The summed E-state index contributed by atoms with van der Waals surface area (Å²) < 4.78 is 6.19. The number of Topliss-reactive ketones (excluding diaryl/α,β-unsaturated/α-hetero) is 1. The number of ketones is 1. The fourth-order valence-corrected chi connectivity index (χ4v) is 14.6. The molecule has 0 radical (unpaired) electrons. The first-order valence-corrected chi connectivity index (χ1v) is 22.1. The molecule has 0 aromatic heterocycles. The van der Waals surface area contributed by atoms with Crippen molar-refractivity contribution >= 4 is 17.7 Å². The van der Waals surface area contributed by atoms with E-state index in [9.17, 15) is 15.0 Å². The topological polar surface area (TPSA) is 104 Å². The lowest BCUT2D eigenvalue weighted by atomic mass is 9.32. The smallest absolute Gasteiger partial charge is 0.313 e. The molecule has 1 heterocycles. The van der Waals surface area contributed by atoms with E-state index in [0.717, 1.165) is 47.9 Å². The minimum atomic E-state index is -1.31. The number of aliphatic hydroxyl groups excluding tert-OH is 1. The first kappa shape index (κ1) is 38.8. The summed E-state index contributed by atoms with van der Waals surface area (Å²) in [4.78, 5) is 46.2. The van der Waals surface area contributed by atoms with Gasteiger partial charge in [0.1, 0.15) is 0 Å². The molecule has 8 aliphatic rings. The van der Waals surface area contributed by atoms with Crippen LogP contribution < -0.4 is 0 Å². The first-order valence-electron chi connectivity index (χ1n) is 22.1. The van der Waals surface area contributed by atoms with Crippen molar-refractivity contribution in [3.8, 4) is 11.1 Å². The highest BCUT2D eigenvalue weighted by Crippen LogP contribution is 2.78. The van der Waals surface area contributed by atoms with E-state index in [1.807, 2.05) is 98.5 Å². The van der Waals surface area contributed by atoms with E-state index in [1.54, 1.807) is 0 Å². The van der Waals surface area contributed by atoms with Crippen molar-refractivity contribution < 1.29 is 29.3 Å². The number of rotatable bonds is 8. The molecule has 1 amide bonds. The summed E-state index contributed by atoms with van der Waals surface area (Å²) in [7, 11) is 0. The highest BCUT2D eigenvalue weighted by atomic mass is 16.6. The molecule has 1 aliphatic heterocycles. The lowest BCUT2D eigenvalue weighted by Crippen LogP contribution is -2.67. The van der Waals surface area contributed by atoms with Gasteiger partial charge in [-0.15, -0.1) is 0 Å². The molecule has 308 valence electrons. The van der Waals surface area contributed by atoms with Gasteiger partial charge in [-0.05, 0) is 98.7 Å². The van der Waals surface area contributed by atoms with Gasteiger partial charge < -0.3 is 19.8 Å². The molecule has 2 spiro atoms. The number of nitrogens with zero attached hydrogens (tertiary/aromatic N) is 1. The third kappa shape index (κ3) is 4.81. The van der Waals surface area contributed by atoms with Crippen molar-refractivity contribution in [3.05, 3.63) is 120 Å². The average Bonchev–Trinajstić information content (AvgIpc) is 3.68. The van der Waals surface area contributed by atoms with Crippen LogP contribution in [-0.4, -0.2) is 56.6 Å². The number of allylic oxidation sites excluding steroid dienone is 4. The van der Waals surface area contributed by atoms with Gasteiger partial charge in [-0.3, -0.25) is 14.4 Å². The number of fused-ring (bicyclic) bond motifs is 3. The molecule has 7 aliphatic carbocycles. The second kappa shape index (κ2) is 12.6. The molecule has 3 aromatic rings. The zero-order chi connectivity index (χ0) is 41.4. The maximum absolute atomic E-state index is 15.6. The number of esters is 1. The number of benzene rings is 3. The minimum Gasteiger partial charge on any atom is -0.448 e. The van der Waals surface area contributed by atoms with Crippen LogP contribution in [-0.2, 0) is 20.9 Å². The van der Waals surface area contributed by atoms with Crippen LogP contribution in [0.5, 0.6) is 0 Å². The van der Waals surface area contributed by atoms with Gasteiger partial charge in [0.15, 0.2) is 11.4 Å². The lowest BCUT2D eigenvalue weighted by Gasteiger charge is -2.71. The predicted octanol–water partition coefficient (Wildman–Crippen LogP) is 9.28. The van der Waals surface area contributed by atoms with Crippen LogP contribution in [0.1, 0.15) is 108 Å². The molecular formula is C52H59NO6. The van der Waals surface area contributed by atoms with Crippen molar-refractivity contribution in [2.75, 3.05) is 6.54 Å². The largest absolute Gasteiger partial charge is 0.448 e. The second-order valence-corrected chi connectivity index (χ2v) is 20.9. The number of carbonyl (C=O) groups excluding carboxylic acids is 3. The highest BCUT2D eigenvalue weighted by molar-refractivity contribution is 6.14. The van der Waals surface area contributed by atoms with Gasteiger partial charge in [0.2, 0.25) is 0 Å². The number of aliphatic hydroxyl groups is 2. The molecule has 7 heteroatoms. The molecule has 1 saturated heterocycles. The molecule has 59 heavy (non-hydrogen) atoms. The maximum atomic E-state index is 15.6. The fourth-order valence-electron chi connectivity index (χ4n) is 14.6. The van der Waals surface area contributed by atoms with Gasteiger partial charge in [0.05, 0.1) is 23.7 Å². The van der Waals surface area contributed by atoms with Crippen LogP contribution in [0.25, 0.3) is 11.1 Å². The molecule has 5 fully saturated rings. The van der Waals surface area contributed by atoms with Crippen LogP contribution in [0, 0.1) is 44.3 Å². The van der Waals surface area contributed by atoms with E-state index in [4.69, 9.17) is 4.74 Å². The Morgan fingerprint density at radius 2 is 1.41 bits per heavy atom. The van der Waals surface area contributed by atoms with Crippen LogP contribution >= 0.6 is 0 Å². The summed E-state index contributed by atoms with van der Waals surface area (Å²) in [5.41, 5.74) is -1.71. The van der Waals surface area contributed by atoms with Crippen LogP contribution in [0.3, 0.4) is 0 Å².